The van der Waals surface area contributed by atoms with Crippen molar-refractivity contribution in [2.45, 2.75) is 137 Å². The van der Waals surface area contributed by atoms with Gasteiger partial charge in [-0.15, -0.1) is 0 Å². The van der Waals surface area contributed by atoms with Crippen LogP contribution in [-0.4, -0.2) is 63.7 Å². The van der Waals surface area contributed by atoms with Gasteiger partial charge in [-0.05, 0) is 98.2 Å². The number of fused-ring (bicyclic) bond motifs is 7. The standard InChI is InChI=1S/C38H54O11/c1-33(2)17-18-38(32(46)47)23(19-33)22-7-8-25-34(3)15-14-26(48-30(44)11-9-28(40)41)35(4,21-39)24(34)13-16-36(25,5)37(22,6)20-27(38)49-31(45)12-10-29(42)43/h7,21,23-27H,8-20H2,1-6H3,(H,40,41)(H,42,43)(H,46,47)/t23-,24+,25+,26-,27+,34-,35-,36+,37+,38+/m0/s1. The highest BCUT2D eigenvalue weighted by Crippen LogP contribution is 2.76. The zero-order valence-corrected chi connectivity index (χ0v) is 29.8. The number of carboxylic acid groups (broad SMARTS) is 3. The first-order valence-corrected chi connectivity index (χ1v) is 17.9. The third-order valence-corrected chi connectivity index (χ3v) is 14.6. The summed E-state index contributed by atoms with van der Waals surface area (Å²) < 4.78 is 11.9. The van der Waals surface area contributed by atoms with Gasteiger partial charge in [0.2, 0.25) is 0 Å². The van der Waals surface area contributed by atoms with Crippen LogP contribution < -0.4 is 0 Å². The summed E-state index contributed by atoms with van der Waals surface area (Å²) in [6.45, 7) is 12.9. The summed E-state index contributed by atoms with van der Waals surface area (Å²) in [6, 6.07) is 0. The minimum Gasteiger partial charge on any atom is -0.481 e. The summed E-state index contributed by atoms with van der Waals surface area (Å²) >= 11 is 0. The molecule has 49 heavy (non-hydrogen) atoms. The Labute approximate surface area is 288 Å². The topological polar surface area (TPSA) is 182 Å². The molecular weight excluding hydrogens is 632 g/mol. The number of hydrogen-bond acceptors (Lipinski definition) is 8. The molecule has 0 aliphatic heterocycles. The molecule has 5 rings (SSSR count). The second kappa shape index (κ2) is 12.5. The number of carboxylic acids is 3. The van der Waals surface area contributed by atoms with E-state index < -0.39 is 64.7 Å². The van der Waals surface area contributed by atoms with Gasteiger partial charge in [0, 0.05) is 5.92 Å². The van der Waals surface area contributed by atoms with Gasteiger partial charge in [0.1, 0.15) is 23.9 Å². The summed E-state index contributed by atoms with van der Waals surface area (Å²) in [4.78, 5) is 74.5. The Hall–Kier alpha value is -3.24. The fraction of sp³-hybridized carbons (Fsp3) is 0.789. The molecule has 0 radical (unpaired) electrons. The van der Waals surface area contributed by atoms with Gasteiger partial charge in [0.05, 0.1) is 31.1 Å². The molecule has 0 aromatic carbocycles. The van der Waals surface area contributed by atoms with Crippen LogP contribution in [0, 0.1) is 50.2 Å². The Morgan fingerprint density at radius 3 is 1.90 bits per heavy atom. The lowest BCUT2D eigenvalue weighted by Gasteiger charge is -2.71. The minimum atomic E-state index is -1.32. The Morgan fingerprint density at radius 2 is 1.35 bits per heavy atom. The maximum absolute atomic E-state index is 13.4. The van der Waals surface area contributed by atoms with Crippen molar-refractivity contribution < 1.29 is 53.6 Å². The Morgan fingerprint density at radius 1 is 0.755 bits per heavy atom. The van der Waals surface area contributed by atoms with Crippen molar-refractivity contribution in [1.29, 1.82) is 0 Å². The van der Waals surface area contributed by atoms with Crippen molar-refractivity contribution >= 4 is 36.1 Å². The fourth-order valence-electron chi connectivity index (χ4n) is 11.8. The average molecular weight is 687 g/mol. The van der Waals surface area contributed by atoms with Crippen LogP contribution in [0.25, 0.3) is 0 Å². The highest BCUT2D eigenvalue weighted by molar-refractivity contribution is 5.80. The Balaban J connectivity index is 1.54. The highest BCUT2D eigenvalue weighted by atomic mass is 16.6. The van der Waals surface area contributed by atoms with Crippen molar-refractivity contribution in [1.82, 2.24) is 0 Å². The largest absolute Gasteiger partial charge is 0.481 e. The van der Waals surface area contributed by atoms with Crippen LogP contribution in [0.4, 0.5) is 0 Å². The predicted molar refractivity (Wildman–Crippen MR) is 176 cm³/mol. The second-order valence-electron chi connectivity index (χ2n) is 17.5. The monoisotopic (exact) mass is 686 g/mol. The number of aliphatic carboxylic acids is 3. The normalized spacial score (nSPS) is 42.1. The lowest BCUT2D eigenvalue weighted by atomic mass is 9.33. The molecular formula is C38H54O11. The Kier molecular flexibility index (Phi) is 9.46. The van der Waals surface area contributed by atoms with E-state index in [1.54, 1.807) is 0 Å². The van der Waals surface area contributed by atoms with Crippen LogP contribution >= 0.6 is 0 Å². The highest BCUT2D eigenvalue weighted by Gasteiger charge is 2.72. The number of esters is 2. The third-order valence-electron chi connectivity index (χ3n) is 14.6. The van der Waals surface area contributed by atoms with Gasteiger partial charge in [-0.1, -0.05) is 46.3 Å². The summed E-state index contributed by atoms with van der Waals surface area (Å²) in [5.74, 6) is -4.89. The van der Waals surface area contributed by atoms with E-state index in [1.807, 2.05) is 6.92 Å². The van der Waals surface area contributed by atoms with Gasteiger partial charge >= 0.3 is 29.8 Å². The minimum absolute atomic E-state index is 0.0905. The van der Waals surface area contributed by atoms with Crippen LogP contribution in [0.2, 0.25) is 0 Å². The maximum atomic E-state index is 13.4. The molecule has 10 atom stereocenters. The summed E-state index contributed by atoms with van der Waals surface area (Å²) in [5.41, 5.74) is -2.53. The molecule has 3 N–H and O–H groups in total. The molecule has 0 bridgehead atoms. The number of ether oxygens (including phenoxy) is 2. The van der Waals surface area contributed by atoms with E-state index in [-0.39, 0.29) is 53.3 Å². The Bertz CT molecular complexity index is 1450. The van der Waals surface area contributed by atoms with E-state index in [9.17, 15) is 39.0 Å². The van der Waals surface area contributed by atoms with Crippen LogP contribution in [0.15, 0.2) is 11.6 Å². The van der Waals surface area contributed by atoms with Crippen molar-refractivity contribution in [3.8, 4) is 0 Å². The molecule has 0 saturated heterocycles. The number of rotatable bonds is 10. The van der Waals surface area contributed by atoms with E-state index in [0.29, 0.717) is 51.4 Å². The van der Waals surface area contributed by atoms with Gasteiger partial charge in [-0.2, -0.15) is 0 Å². The number of allylic oxidation sites excluding steroid dienone is 2. The van der Waals surface area contributed by atoms with Gasteiger partial charge in [0.15, 0.2) is 0 Å². The fourth-order valence-corrected chi connectivity index (χ4v) is 11.8. The van der Waals surface area contributed by atoms with E-state index in [0.717, 1.165) is 18.3 Å². The van der Waals surface area contributed by atoms with Gasteiger partial charge < -0.3 is 29.6 Å². The summed E-state index contributed by atoms with van der Waals surface area (Å²) in [5, 5.41) is 29.2. The zero-order chi connectivity index (χ0) is 36.4. The number of hydrogen-bond donors (Lipinski definition) is 3. The van der Waals surface area contributed by atoms with Crippen LogP contribution in [-0.2, 0) is 38.2 Å². The molecule has 4 saturated carbocycles. The molecule has 5 aliphatic rings. The van der Waals surface area contributed by atoms with E-state index in [4.69, 9.17) is 14.6 Å². The molecule has 0 unspecified atom stereocenters. The summed E-state index contributed by atoms with van der Waals surface area (Å²) in [7, 11) is 0. The van der Waals surface area contributed by atoms with Crippen molar-refractivity contribution in [2.75, 3.05) is 0 Å². The summed E-state index contributed by atoms with van der Waals surface area (Å²) in [6.07, 6.45) is 5.50. The predicted octanol–water partition coefficient (Wildman–Crippen LogP) is 6.21. The SMILES string of the molecule is CC1(C)CC[C@]2(C(=O)O)[C@H](OC(=O)CCC(=O)O)C[C@]3(C)C(=CC[C@@H]4[C@@]5(C)CC[C@H](OC(=O)CCC(=O)O)[C@@](C)(C=O)[C@@H]5CC[C@]43C)[C@@H]2C1. The molecule has 0 aromatic heterocycles. The van der Waals surface area contributed by atoms with Crippen molar-refractivity contribution in [3.05, 3.63) is 11.6 Å². The lowest BCUT2D eigenvalue weighted by Crippen LogP contribution is -2.68. The molecule has 5 aliphatic carbocycles. The van der Waals surface area contributed by atoms with Gasteiger partial charge in [-0.25, -0.2) is 0 Å². The molecule has 11 heteroatoms. The molecule has 4 fully saturated rings. The lowest BCUT2D eigenvalue weighted by molar-refractivity contribution is -0.225. The zero-order valence-electron chi connectivity index (χ0n) is 29.8. The van der Waals surface area contributed by atoms with Gasteiger partial charge in [-0.3, -0.25) is 24.0 Å². The molecule has 0 heterocycles. The number of aldehydes is 1. The molecule has 0 amide bonds. The third kappa shape index (κ3) is 5.80. The van der Waals surface area contributed by atoms with Crippen molar-refractivity contribution in [3.63, 3.8) is 0 Å². The quantitative estimate of drug-likeness (QED) is 0.135. The molecule has 0 aromatic rings. The van der Waals surface area contributed by atoms with E-state index >= 15 is 0 Å². The number of carbonyl (C=O) groups excluding carboxylic acids is 3. The number of carbonyl (C=O) groups is 6. The molecule has 11 nitrogen and oxygen atoms in total. The van der Waals surface area contributed by atoms with Crippen LogP contribution in [0.5, 0.6) is 0 Å². The smallest absolute Gasteiger partial charge is 0.314 e. The first-order chi connectivity index (χ1) is 22.7. The van der Waals surface area contributed by atoms with Crippen LogP contribution in [0.1, 0.15) is 125 Å². The van der Waals surface area contributed by atoms with Crippen molar-refractivity contribution in [2.24, 2.45) is 50.2 Å². The molecule has 0 spiro atoms. The molecule has 272 valence electrons. The maximum Gasteiger partial charge on any atom is 0.314 e. The second-order valence-corrected chi connectivity index (χ2v) is 17.5. The average Bonchev–Trinajstić information content (AvgIpc) is 3.00. The van der Waals surface area contributed by atoms with Crippen LogP contribution in [0.3, 0.4) is 0 Å². The van der Waals surface area contributed by atoms with E-state index in [1.165, 1.54) is 0 Å². The first-order valence-electron chi connectivity index (χ1n) is 17.9. The first kappa shape index (κ1) is 37.0. The van der Waals surface area contributed by atoms with E-state index in [2.05, 4.69) is 40.7 Å². The van der Waals surface area contributed by atoms with Gasteiger partial charge in [0.25, 0.3) is 0 Å².